The summed E-state index contributed by atoms with van der Waals surface area (Å²) in [7, 11) is 0. The first-order valence-electron chi connectivity index (χ1n) is 7.60. The summed E-state index contributed by atoms with van der Waals surface area (Å²) < 4.78 is 1.75. The van der Waals surface area contributed by atoms with Gasteiger partial charge in [-0.25, -0.2) is 0 Å². The monoisotopic (exact) mass is 368 g/mol. The highest BCUT2D eigenvalue weighted by molar-refractivity contribution is 7.99. The van der Waals surface area contributed by atoms with Crippen LogP contribution in [0.15, 0.2) is 70.6 Å². The molecule has 2 heterocycles. The number of nitrogens with zero attached hydrogens (tertiary/aromatic N) is 4. The summed E-state index contributed by atoms with van der Waals surface area (Å²) in [5, 5.41) is 24.0. The Morgan fingerprint density at radius 1 is 1.00 bits per heavy atom. The van der Waals surface area contributed by atoms with Crippen molar-refractivity contribution in [3.8, 4) is 5.75 Å². The van der Waals surface area contributed by atoms with E-state index < -0.39 is 0 Å². The molecule has 4 rings (SSSR count). The van der Waals surface area contributed by atoms with Gasteiger partial charge in [-0.3, -0.25) is 0 Å². The van der Waals surface area contributed by atoms with E-state index in [1.165, 1.54) is 11.8 Å². The summed E-state index contributed by atoms with van der Waals surface area (Å²) >= 11 is 7.57. The van der Waals surface area contributed by atoms with Crippen molar-refractivity contribution in [2.45, 2.75) is 16.3 Å². The maximum atomic E-state index is 9.39. The van der Waals surface area contributed by atoms with Crippen LogP contribution in [0.25, 0.3) is 5.65 Å². The molecule has 0 saturated heterocycles. The first-order chi connectivity index (χ1) is 12.2. The number of phenols is 1. The summed E-state index contributed by atoms with van der Waals surface area (Å²) in [5.41, 5.74) is 1.73. The Bertz CT molecular complexity index is 1030. The lowest BCUT2D eigenvalue weighted by Crippen LogP contribution is -2.01. The molecule has 0 fully saturated rings. The number of phenolic OH excluding ortho intramolecular Hbond substituents is 1. The first kappa shape index (κ1) is 15.9. The third-order valence-electron chi connectivity index (χ3n) is 3.62. The highest BCUT2D eigenvalue weighted by Crippen LogP contribution is 2.28. The Balaban J connectivity index is 1.64. The van der Waals surface area contributed by atoms with Crippen molar-refractivity contribution in [3.63, 3.8) is 0 Å². The van der Waals surface area contributed by atoms with Gasteiger partial charge in [-0.15, -0.1) is 10.2 Å². The summed E-state index contributed by atoms with van der Waals surface area (Å²) in [6.07, 6.45) is 0.583. The van der Waals surface area contributed by atoms with Crippen molar-refractivity contribution >= 4 is 29.0 Å². The van der Waals surface area contributed by atoms with Crippen molar-refractivity contribution in [3.05, 3.63) is 77.1 Å². The van der Waals surface area contributed by atoms with Crippen LogP contribution in [0.3, 0.4) is 0 Å². The lowest BCUT2D eigenvalue weighted by atomic mass is 10.1. The van der Waals surface area contributed by atoms with E-state index in [0.29, 0.717) is 17.1 Å². The molecule has 2 aromatic carbocycles. The molecule has 2 aromatic heterocycles. The molecule has 0 amide bonds. The fourth-order valence-electron chi connectivity index (χ4n) is 2.43. The maximum Gasteiger partial charge on any atom is 0.177 e. The van der Waals surface area contributed by atoms with Crippen molar-refractivity contribution in [1.29, 1.82) is 0 Å². The Morgan fingerprint density at radius 3 is 2.64 bits per heavy atom. The molecule has 7 heteroatoms. The van der Waals surface area contributed by atoms with Crippen molar-refractivity contribution in [1.82, 2.24) is 19.8 Å². The van der Waals surface area contributed by atoms with Gasteiger partial charge in [-0.1, -0.05) is 41.6 Å². The molecule has 5 nitrogen and oxygen atoms in total. The average molecular weight is 369 g/mol. The Morgan fingerprint density at radius 2 is 1.84 bits per heavy atom. The molecular weight excluding hydrogens is 356 g/mol. The van der Waals surface area contributed by atoms with Gasteiger partial charge in [0.1, 0.15) is 10.8 Å². The predicted octanol–water partition coefficient (Wildman–Crippen LogP) is 4.23. The largest absolute Gasteiger partial charge is 0.508 e. The number of aromatic nitrogens is 4. The third-order valence-corrected chi connectivity index (χ3v) is 4.77. The molecule has 0 atom stereocenters. The Kier molecular flexibility index (Phi) is 4.29. The third kappa shape index (κ3) is 3.60. The van der Waals surface area contributed by atoms with Crippen LogP contribution in [0.1, 0.15) is 11.4 Å². The quantitative estimate of drug-likeness (QED) is 0.584. The standard InChI is InChI=1S/C18H13ClN4OS/c19-13-2-1-3-15(11-13)25-18-9-8-16-20-21-17(23(16)22-18)10-12-4-6-14(24)7-5-12/h1-9,11,24H,10H2. The van der Waals surface area contributed by atoms with E-state index in [-0.39, 0.29) is 5.75 Å². The minimum atomic E-state index is 0.244. The number of rotatable bonds is 4. The van der Waals surface area contributed by atoms with Gasteiger partial charge in [-0.2, -0.15) is 9.61 Å². The Labute approximate surface area is 153 Å². The van der Waals surface area contributed by atoms with E-state index >= 15 is 0 Å². The van der Waals surface area contributed by atoms with Crippen LogP contribution in [-0.2, 0) is 6.42 Å². The Hall–Kier alpha value is -2.57. The minimum Gasteiger partial charge on any atom is -0.508 e. The number of aromatic hydroxyl groups is 1. The second-order valence-electron chi connectivity index (χ2n) is 5.46. The van der Waals surface area contributed by atoms with E-state index in [1.807, 2.05) is 48.5 Å². The molecule has 0 spiro atoms. The van der Waals surface area contributed by atoms with E-state index in [1.54, 1.807) is 16.6 Å². The average Bonchev–Trinajstić information content (AvgIpc) is 2.99. The minimum absolute atomic E-state index is 0.244. The van der Waals surface area contributed by atoms with E-state index in [2.05, 4.69) is 15.3 Å². The van der Waals surface area contributed by atoms with Gasteiger partial charge in [0.2, 0.25) is 0 Å². The van der Waals surface area contributed by atoms with Crippen molar-refractivity contribution in [2.24, 2.45) is 0 Å². The van der Waals surface area contributed by atoms with Gasteiger partial charge >= 0.3 is 0 Å². The van der Waals surface area contributed by atoms with E-state index in [9.17, 15) is 5.11 Å². The zero-order chi connectivity index (χ0) is 17.2. The summed E-state index contributed by atoms with van der Waals surface area (Å²) in [4.78, 5) is 1.02. The van der Waals surface area contributed by atoms with Gasteiger partial charge in [0.25, 0.3) is 0 Å². The maximum absolute atomic E-state index is 9.39. The predicted molar refractivity (Wildman–Crippen MR) is 97.3 cm³/mol. The van der Waals surface area contributed by atoms with E-state index in [4.69, 9.17) is 11.6 Å². The molecule has 124 valence electrons. The normalized spacial score (nSPS) is 11.1. The summed E-state index contributed by atoms with van der Waals surface area (Å²) in [6.45, 7) is 0. The number of hydrogen-bond donors (Lipinski definition) is 1. The number of benzene rings is 2. The van der Waals surface area contributed by atoms with Crippen LogP contribution < -0.4 is 0 Å². The lowest BCUT2D eigenvalue weighted by molar-refractivity contribution is 0.475. The number of halogens is 1. The van der Waals surface area contributed by atoms with Crippen LogP contribution >= 0.6 is 23.4 Å². The molecule has 0 aliphatic heterocycles. The second-order valence-corrected chi connectivity index (χ2v) is 6.99. The van der Waals surface area contributed by atoms with Crippen LogP contribution in [0.5, 0.6) is 5.75 Å². The molecular formula is C18H13ClN4OS. The van der Waals surface area contributed by atoms with Crippen molar-refractivity contribution < 1.29 is 5.11 Å². The molecule has 1 N–H and O–H groups in total. The second kappa shape index (κ2) is 6.74. The highest BCUT2D eigenvalue weighted by atomic mass is 35.5. The molecule has 25 heavy (non-hydrogen) atoms. The molecule has 0 aliphatic rings. The molecule has 0 radical (unpaired) electrons. The fourth-order valence-corrected chi connectivity index (χ4v) is 3.52. The van der Waals surface area contributed by atoms with Gasteiger partial charge in [0, 0.05) is 16.3 Å². The van der Waals surface area contributed by atoms with Gasteiger partial charge in [0.15, 0.2) is 11.5 Å². The molecule has 0 aliphatic carbocycles. The lowest BCUT2D eigenvalue weighted by Gasteiger charge is -2.04. The van der Waals surface area contributed by atoms with E-state index in [0.717, 1.165) is 21.3 Å². The molecule has 0 bridgehead atoms. The first-order valence-corrected chi connectivity index (χ1v) is 8.79. The topological polar surface area (TPSA) is 63.3 Å². The summed E-state index contributed by atoms with van der Waals surface area (Å²) in [5.74, 6) is 0.988. The van der Waals surface area contributed by atoms with Crippen LogP contribution in [0.2, 0.25) is 5.02 Å². The molecule has 4 aromatic rings. The van der Waals surface area contributed by atoms with Gasteiger partial charge in [0.05, 0.1) is 0 Å². The zero-order valence-corrected chi connectivity index (χ0v) is 14.6. The van der Waals surface area contributed by atoms with Crippen LogP contribution in [-0.4, -0.2) is 24.9 Å². The number of fused-ring (bicyclic) bond motifs is 1. The molecule has 0 saturated carbocycles. The summed E-state index contributed by atoms with van der Waals surface area (Å²) in [6, 6.07) is 18.5. The zero-order valence-electron chi connectivity index (χ0n) is 13.0. The van der Waals surface area contributed by atoms with Gasteiger partial charge < -0.3 is 5.11 Å². The number of hydrogen-bond acceptors (Lipinski definition) is 5. The van der Waals surface area contributed by atoms with Crippen molar-refractivity contribution in [2.75, 3.05) is 0 Å². The molecule has 0 unspecified atom stereocenters. The smallest absolute Gasteiger partial charge is 0.177 e. The fraction of sp³-hybridized carbons (Fsp3) is 0.0556. The highest BCUT2D eigenvalue weighted by Gasteiger charge is 2.09. The van der Waals surface area contributed by atoms with Crippen LogP contribution in [0.4, 0.5) is 0 Å². The van der Waals surface area contributed by atoms with Crippen LogP contribution in [0, 0.1) is 0 Å². The SMILES string of the molecule is Oc1ccc(Cc2nnc3ccc(Sc4cccc(Cl)c4)nn23)cc1. The van der Waals surface area contributed by atoms with Gasteiger partial charge in [-0.05, 0) is 48.0 Å².